The topological polar surface area (TPSA) is 106 Å². The Kier molecular flexibility index (Phi) is 7.05. The molecule has 2 atom stereocenters. The molecule has 3 N–H and O–H groups in total. The first-order valence-electron chi connectivity index (χ1n) is 13.0. The van der Waals surface area contributed by atoms with E-state index in [4.69, 9.17) is 15.9 Å². The number of nitrogens with one attached hydrogen (secondary N) is 2. The number of hydrogen-bond donors (Lipinski definition) is 3. The Balaban J connectivity index is 1.52. The van der Waals surface area contributed by atoms with Crippen LogP contribution in [0.15, 0.2) is 18.2 Å². The molecular formula is C28H30F4N4O4. The Morgan fingerprint density at radius 3 is 2.42 bits per heavy atom. The molecule has 4 fully saturated rings. The predicted molar refractivity (Wildman–Crippen MR) is 135 cm³/mol. The lowest BCUT2D eigenvalue weighted by atomic mass is 9.50. The van der Waals surface area contributed by atoms with Crippen LogP contribution in [0, 0.1) is 31.0 Å². The highest BCUT2D eigenvalue weighted by Gasteiger charge is 2.58. The summed E-state index contributed by atoms with van der Waals surface area (Å²) in [4.78, 5) is 21.4. The van der Waals surface area contributed by atoms with Crippen molar-refractivity contribution < 1.29 is 36.9 Å². The number of aryl methyl sites for hydroxylation is 1. The molecule has 1 aliphatic heterocycles. The van der Waals surface area contributed by atoms with E-state index in [1.165, 1.54) is 19.1 Å². The molecule has 0 spiro atoms. The Labute approximate surface area is 228 Å². The molecule has 8 nitrogen and oxygen atoms in total. The monoisotopic (exact) mass is 562 g/mol. The number of anilines is 1. The van der Waals surface area contributed by atoms with E-state index in [1.807, 2.05) is 0 Å². The third-order valence-electron chi connectivity index (χ3n) is 7.74. The molecule has 40 heavy (non-hydrogen) atoms. The van der Waals surface area contributed by atoms with Crippen LogP contribution in [0.4, 0.5) is 23.4 Å². The summed E-state index contributed by atoms with van der Waals surface area (Å²) in [7, 11) is 0. The van der Waals surface area contributed by atoms with Crippen molar-refractivity contribution in [2.24, 2.45) is 5.92 Å². The summed E-state index contributed by atoms with van der Waals surface area (Å²) in [5.41, 5.74) is -4.66. The molecule has 3 aliphatic carbocycles. The summed E-state index contributed by atoms with van der Waals surface area (Å²) < 4.78 is 72.2. The number of halogens is 4. The van der Waals surface area contributed by atoms with Crippen LogP contribution in [0.25, 0.3) is 0 Å². The van der Waals surface area contributed by atoms with Gasteiger partial charge >= 0.3 is 5.92 Å². The Morgan fingerprint density at radius 2 is 1.88 bits per heavy atom. The van der Waals surface area contributed by atoms with Gasteiger partial charge < -0.3 is 25.2 Å². The Hall–Kier alpha value is -3.27. The fourth-order valence-corrected chi connectivity index (χ4v) is 5.43. The van der Waals surface area contributed by atoms with Crippen LogP contribution < -0.4 is 10.6 Å². The molecule has 4 aliphatic rings. The zero-order valence-electron chi connectivity index (χ0n) is 22.2. The van der Waals surface area contributed by atoms with E-state index in [0.29, 0.717) is 5.92 Å². The first kappa shape index (κ1) is 28.3. The number of hydrogen-bond acceptors (Lipinski definition) is 7. The van der Waals surface area contributed by atoms with Gasteiger partial charge in [0.2, 0.25) is 6.17 Å². The van der Waals surface area contributed by atoms with Gasteiger partial charge in [-0.05, 0) is 52.0 Å². The molecule has 2 heterocycles. The van der Waals surface area contributed by atoms with E-state index >= 15 is 8.78 Å². The van der Waals surface area contributed by atoms with Crippen molar-refractivity contribution in [2.75, 3.05) is 18.5 Å². The maximum absolute atomic E-state index is 15.8. The van der Waals surface area contributed by atoms with Gasteiger partial charge in [-0.3, -0.25) is 4.79 Å². The highest BCUT2D eigenvalue weighted by Crippen LogP contribution is 2.57. The van der Waals surface area contributed by atoms with Crippen molar-refractivity contribution in [3.8, 4) is 12.3 Å². The van der Waals surface area contributed by atoms with E-state index in [9.17, 15) is 18.7 Å². The second-order valence-electron chi connectivity index (χ2n) is 11.2. The van der Waals surface area contributed by atoms with Crippen LogP contribution in [-0.4, -0.2) is 45.3 Å². The highest BCUT2D eigenvalue weighted by atomic mass is 19.3. The Morgan fingerprint density at radius 1 is 1.23 bits per heavy atom. The van der Waals surface area contributed by atoms with Crippen molar-refractivity contribution in [1.82, 2.24) is 15.3 Å². The van der Waals surface area contributed by atoms with Gasteiger partial charge in [-0.25, -0.2) is 18.7 Å². The minimum absolute atomic E-state index is 0.0398. The van der Waals surface area contributed by atoms with Crippen LogP contribution in [-0.2, 0) is 20.2 Å². The maximum atomic E-state index is 15.8. The minimum atomic E-state index is -3.95. The first-order chi connectivity index (χ1) is 18.8. The van der Waals surface area contributed by atoms with E-state index < -0.39 is 47.3 Å². The third kappa shape index (κ3) is 4.80. The maximum Gasteiger partial charge on any atom is 0.303 e. The van der Waals surface area contributed by atoms with Gasteiger partial charge in [-0.1, -0.05) is 18.1 Å². The molecule has 214 valence electrons. The van der Waals surface area contributed by atoms with E-state index in [2.05, 4.69) is 26.5 Å². The number of carbonyl (C=O) groups is 1. The molecule has 1 aromatic carbocycles. The fraction of sp³-hybridized carbons (Fsp3) is 0.536. The van der Waals surface area contributed by atoms with Crippen molar-refractivity contribution in [1.29, 1.82) is 0 Å². The van der Waals surface area contributed by atoms with Crippen LogP contribution in [0.3, 0.4) is 0 Å². The molecule has 0 radical (unpaired) electrons. The number of alkyl halides is 3. The van der Waals surface area contributed by atoms with Gasteiger partial charge in [-0.2, -0.15) is 8.78 Å². The number of nitrogens with zero attached hydrogens (tertiary/aromatic N) is 2. The number of rotatable bonds is 9. The largest absolute Gasteiger partial charge is 0.384 e. The number of aliphatic hydroxyl groups is 1. The average molecular weight is 563 g/mol. The second-order valence-corrected chi connectivity index (χ2v) is 11.2. The Bertz CT molecular complexity index is 1350. The normalized spacial score (nSPS) is 23.9. The SMILES string of the molecule is C#CC(Nc1nc(C)nc(C(F)C(=O)NC23CC(C2)C3)c1C1OCCO1)c1cccc(C(F)(F)C(C)(C)O)c1F. The number of terminal acetylenes is 1. The van der Waals surface area contributed by atoms with Gasteiger partial charge in [0, 0.05) is 11.1 Å². The first-order valence-corrected chi connectivity index (χ1v) is 13.0. The summed E-state index contributed by atoms with van der Waals surface area (Å²) >= 11 is 0. The fourth-order valence-electron chi connectivity index (χ4n) is 5.43. The zero-order valence-corrected chi connectivity index (χ0v) is 22.2. The molecule has 6 rings (SSSR count). The number of amides is 1. The zero-order chi connectivity index (χ0) is 29.0. The molecule has 1 saturated heterocycles. The van der Waals surface area contributed by atoms with Gasteiger partial charge in [0.1, 0.15) is 29.1 Å². The predicted octanol–water partition coefficient (Wildman–Crippen LogP) is 4.30. The van der Waals surface area contributed by atoms with Crippen molar-refractivity contribution in [3.63, 3.8) is 0 Å². The van der Waals surface area contributed by atoms with Gasteiger partial charge in [0.15, 0.2) is 6.29 Å². The summed E-state index contributed by atoms with van der Waals surface area (Å²) in [5.74, 6) is -3.29. The van der Waals surface area contributed by atoms with Crippen LogP contribution in [0.1, 0.15) is 79.8 Å². The van der Waals surface area contributed by atoms with Gasteiger partial charge in [0.25, 0.3) is 5.91 Å². The lowest BCUT2D eigenvalue weighted by molar-refractivity contribution is -0.170. The number of carbonyl (C=O) groups excluding carboxylic acids is 1. The van der Waals surface area contributed by atoms with E-state index in [0.717, 1.165) is 39.2 Å². The smallest absolute Gasteiger partial charge is 0.303 e. The number of benzene rings is 1. The van der Waals surface area contributed by atoms with Crippen LogP contribution in [0.2, 0.25) is 0 Å². The van der Waals surface area contributed by atoms with Gasteiger partial charge in [0.05, 0.1) is 30.0 Å². The molecule has 1 aromatic heterocycles. The molecule has 1 amide bonds. The lowest BCUT2D eigenvalue weighted by Crippen LogP contribution is -2.68. The molecular weight excluding hydrogens is 532 g/mol. The van der Waals surface area contributed by atoms with Crippen LogP contribution >= 0.6 is 0 Å². The standard InChI is InChI=1S/C28H30F4N4O4/c1-5-18(16-7-6-8-17(20(16)29)28(31,32)26(3,4)38)35-23-19(25-39-9-10-40-25)22(33-14(2)34-23)21(30)24(37)36-27-11-15(12-27)13-27/h1,6-8,15,18,21,25,38H,9-13H2,2-4H3,(H,36,37)(H,33,34,35). The summed E-state index contributed by atoms with van der Waals surface area (Å²) in [6.45, 7) is 3.55. The summed E-state index contributed by atoms with van der Waals surface area (Å²) in [6, 6.07) is 1.89. The molecule has 3 saturated carbocycles. The van der Waals surface area contributed by atoms with E-state index in [1.54, 1.807) is 0 Å². The third-order valence-corrected chi connectivity index (χ3v) is 7.74. The van der Waals surface area contributed by atoms with Crippen molar-refractivity contribution >= 4 is 11.7 Å². The minimum Gasteiger partial charge on any atom is -0.384 e. The summed E-state index contributed by atoms with van der Waals surface area (Å²) in [5, 5.41) is 15.6. The number of aromatic nitrogens is 2. The summed E-state index contributed by atoms with van der Waals surface area (Å²) in [6.07, 6.45) is 4.76. The van der Waals surface area contributed by atoms with Crippen LogP contribution in [0.5, 0.6) is 0 Å². The highest BCUT2D eigenvalue weighted by molar-refractivity contribution is 5.83. The molecule has 2 unspecified atom stereocenters. The molecule has 12 heteroatoms. The quantitative estimate of drug-likeness (QED) is 0.309. The van der Waals surface area contributed by atoms with E-state index in [-0.39, 0.29) is 47.2 Å². The van der Waals surface area contributed by atoms with Gasteiger partial charge in [-0.15, -0.1) is 6.42 Å². The average Bonchev–Trinajstić information content (AvgIpc) is 3.37. The molecule has 2 bridgehead atoms. The van der Waals surface area contributed by atoms with Crippen molar-refractivity contribution in [2.45, 2.75) is 75.6 Å². The molecule has 2 aromatic rings. The second kappa shape index (κ2) is 9.98. The lowest BCUT2D eigenvalue weighted by Gasteiger charge is -2.61. The number of ether oxygens (including phenoxy) is 2. The van der Waals surface area contributed by atoms with Crippen molar-refractivity contribution in [3.05, 3.63) is 52.2 Å².